The average molecular weight is 525 g/mol. The standard InChI is InChI=1S/C28H29FN2O5S/c1-35-25-14-13-19(15-26(25)36-23-9-2-3-10-23)20-16-28(32)31(18-20)22-8-6-7-21(17-22)30-37(33,34)27-12-5-4-11-24(27)29/h4-8,11-15,17,20,23,30H,2-3,9-10,16,18H2,1H3. The summed E-state index contributed by atoms with van der Waals surface area (Å²) >= 11 is 0. The van der Waals surface area contributed by atoms with Crippen molar-refractivity contribution in [3.8, 4) is 11.5 Å². The van der Waals surface area contributed by atoms with E-state index in [0.29, 0.717) is 30.2 Å². The molecule has 1 atom stereocenters. The summed E-state index contributed by atoms with van der Waals surface area (Å²) in [7, 11) is -2.51. The average Bonchev–Trinajstić information content (AvgIpc) is 3.53. The maximum Gasteiger partial charge on any atom is 0.264 e. The second-order valence-corrected chi connectivity index (χ2v) is 11.1. The van der Waals surface area contributed by atoms with Gasteiger partial charge in [0.1, 0.15) is 10.7 Å². The predicted molar refractivity (Wildman–Crippen MR) is 139 cm³/mol. The summed E-state index contributed by atoms with van der Waals surface area (Å²) in [4.78, 5) is 14.2. The topological polar surface area (TPSA) is 84.9 Å². The number of hydrogen-bond donors (Lipinski definition) is 1. The molecule has 1 heterocycles. The lowest BCUT2D eigenvalue weighted by atomic mass is 9.98. The second kappa shape index (κ2) is 10.4. The van der Waals surface area contributed by atoms with Crippen molar-refractivity contribution in [3.63, 3.8) is 0 Å². The minimum Gasteiger partial charge on any atom is -0.493 e. The van der Waals surface area contributed by atoms with Gasteiger partial charge in [0.05, 0.1) is 18.9 Å². The van der Waals surface area contributed by atoms with Crippen LogP contribution in [-0.2, 0) is 14.8 Å². The number of carbonyl (C=O) groups excluding carboxylic acids is 1. The van der Waals surface area contributed by atoms with Crippen molar-refractivity contribution >= 4 is 27.3 Å². The molecule has 194 valence electrons. The third-order valence-corrected chi connectivity index (χ3v) is 8.33. The molecule has 1 unspecified atom stereocenters. The lowest BCUT2D eigenvalue weighted by Gasteiger charge is -2.20. The highest BCUT2D eigenvalue weighted by Crippen LogP contribution is 2.38. The summed E-state index contributed by atoms with van der Waals surface area (Å²) in [6, 6.07) is 17.6. The summed E-state index contributed by atoms with van der Waals surface area (Å²) in [5.41, 5.74) is 1.80. The molecule has 1 saturated carbocycles. The molecule has 1 aliphatic carbocycles. The van der Waals surface area contributed by atoms with Gasteiger partial charge in [-0.05, 0) is 73.7 Å². The summed E-state index contributed by atoms with van der Waals surface area (Å²) in [6.45, 7) is 0.442. The molecule has 7 nitrogen and oxygen atoms in total. The fourth-order valence-electron chi connectivity index (χ4n) is 5.02. The monoisotopic (exact) mass is 524 g/mol. The van der Waals surface area contributed by atoms with Gasteiger partial charge in [0.2, 0.25) is 5.91 Å². The first kappa shape index (κ1) is 25.1. The number of benzene rings is 3. The van der Waals surface area contributed by atoms with Crippen molar-refractivity contribution in [1.29, 1.82) is 0 Å². The van der Waals surface area contributed by atoms with Crippen LogP contribution in [0, 0.1) is 5.82 Å². The number of hydrogen-bond acceptors (Lipinski definition) is 5. The van der Waals surface area contributed by atoms with Gasteiger partial charge >= 0.3 is 0 Å². The molecular formula is C28H29FN2O5S. The maximum absolute atomic E-state index is 14.1. The van der Waals surface area contributed by atoms with Crippen LogP contribution in [-0.4, -0.2) is 34.1 Å². The Morgan fingerprint density at radius 3 is 2.51 bits per heavy atom. The normalized spacial score (nSPS) is 18.3. The van der Waals surface area contributed by atoms with Gasteiger partial charge in [0, 0.05) is 24.6 Å². The van der Waals surface area contributed by atoms with Gasteiger partial charge < -0.3 is 14.4 Å². The molecule has 9 heteroatoms. The smallest absolute Gasteiger partial charge is 0.264 e. The molecule has 0 spiro atoms. The fourth-order valence-corrected chi connectivity index (χ4v) is 6.15. The van der Waals surface area contributed by atoms with E-state index in [0.717, 1.165) is 37.3 Å². The minimum atomic E-state index is -4.13. The van der Waals surface area contributed by atoms with Gasteiger partial charge in [-0.25, -0.2) is 12.8 Å². The first-order chi connectivity index (χ1) is 17.8. The number of methoxy groups -OCH3 is 1. The lowest BCUT2D eigenvalue weighted by Crippen LogP contribution is -2.24. The van der Waals surface area contributed by atoms with Crippen molar-refractivity contribution in [1.82, 2.24) is 0 Å². The second-order valence-electron chi connectivity index (χ2n) is 9.43. The van der Waals surface area contributed by atoms with E-state index in [9.17, 15) is 17.6 Å². The lowest BCUT2D eigenvalue weighted by molar-refractivity contribution is -0.117. The zero-order valence-electron chi connectivity index (χ0n) is 20.5. The highest BCUT2D eigenvalue weighted by Gasteiger charge is 2.33. The number of nitrogens with one attached hydrogen (secondary N) is 1. The van der Waals surface area contributed by atoms with Crippen molar-refractivity contribution in [3.05, 3.63) is 78.1 Å². The molecule has 3 aromatic rings. The molecule has 5 rings (SSSR count). The summed E-state index contributed by atoms with van der Waals surface area (Å²) in [5.74, 6) is 0.421. The number of amides is 1. The number of carbonyl (C=O) groups is 1. The van der Waals surface area contributed by atoms with E-state index in [4.69, 9.17) is 9.47 Å². The van der Waals surface area contributed by atoms with Crippen LogP contribution < -0.4 is 19.1 Å². The highest BCUT2D eigenvalue weighted by atomic mass is 32.2. The Kier molecular flexibility index (Phi) is 7.06. The Balaban J connectivity index is 1.34. The van der Waals surface area contributed by atoms with E-state index in [1.165, 1.54) is 18.2 Å². The van der Waals surface area contributed by atoms with Crippen LogP contribution in [0.4, 0.5) is 15.8 Å². The Bertz CT molecular complexity index is 1410. The fraction of sp³-hybridized carbons (Fsp3) is 0.321. The number of halogens is 1. The van der Waals surface area contributed by atoms with Crippen LogP contribution in [0.3, 0.4) is 0 Å². The summed E-state index contributed by atoms with van der Waals surface area (Å²) < 4.78 is 53.6. The van der Waals surface area contributed by atoms with Gasteiger partial charge in [-0.15, -0.1) is 0 Å². The SMILES string of the molecule is COc1ccc(C2CC(=O)N(c3cccc(NS(=O)(=O)c4ccccc4F)c3)C2)cc1OC1CCCC1. The Labute approximate surface area is 216 Å². The van der Waals surface area contributed by atoms with Crippen molar-refractivity contribution in [2.24, 2.45) is 0 Å². The molecule has 3 aromatic carbocycles. The molecule has 1 N–H and O–H groups in total. The van der Waals surface area contributed by atoms with Crippen molar-refractivity contribution in [2.75, 3.05) is 23.3 Å². The van der Waals surface area contributed by atoms with E-state index in [1.54, 1.807) is 36.3 Å². The molecule has 0 bridgehead atoms. The maximum atomic E-state index is 14.1. The molecule has 1 saturated heterocycles. The number of nitrogens with zero attached hydrogens (tertiary/aromatic N) is 1. The Hall–Kier alpha value is -3.59. The van der Waals surface area contributed by atoms with Gasteiger partial charge in [-0.3, -0.25) is 9.52 Å². The van der Waals surface area contributed by atoms with Crippen molar-refractivity contribution in [2.45, 2.75) is 49.0 Å². The molecule has 0 aromatic heterocycles. The van der Waals surface area contributed by atoms with Crippen LogP contribution in [0.5, 0.6) is 11.5 Å². The molecule has 1 aliphatic heterocycles. The van der Waals surface area contributed by atoms with E-state index < -0.39 is 20.7 Å². The third kappa shape index (κ3) is 5.41. The van der Waals surface area contributed by atoms with Crippen LogP contribution in [0.25, 0.3) is 0 Å². The number of anilines is 2. The van der Waals surface area contributed by atoms with E-state index in [1.807, 2.05) is 18.2 Å². The van der Waals surface area contributed by atoms with Gasteiger partial charge in [0.15, 0.2) is 11.5 Å². The summed E-state index contributed by atoms with van der Waals surface area (Å²) in [6.07, 6.45) is 4.88. The first-order valence-corrected chi connectivity index (χ1v) is 13.8. The predicted octanol–water partition coefficient (Wildman–Crippen LogP) is 5.48. The van der Waals surface area contributed by atoms with Crippen LogP contribution in [0.1, 0.15) is 43.6 Å². The Morgan fingerprint density at radius 1 is 0.973 bits per heavy atom. The highest BCUT2D eigenvalue weighted by molar-refractivity contribution is 7.92. The van der Waals surface area contributed by atoms with Crippen LogP contribution >= 0.6 is 0 Å². The van der Waals surface area contributed by atoms with Gasteiger partial charge in [-0.2, -0.15) is 0 Å². The molecule has 1 amide bonds. The zero-order chi connectivity index (χ0) is 26.0. The number of ether oxygens (including phenoxy) is 2. The molecule has 2 aliphatic rings. The van der Waals surface area contributed by atoms with E-state index in [-0.39, 0.29) is 23.6 Å². The summed E-state index contributed by atoms with van der Waals surface area (Å²) in [5, 5.41) is 0. The molecule has 37 heavy (non-hydrogen) atoms. The minimum absolute atomic E-state index is 0.0527. The number of rotatable bonds is 8. The zero-order valence-corrected chi connectivity index (χ0v) is 21.3. The largest absolute Gasteiger partial charge is 0.493 e. The van der Waals surface area contributed by atoms with Crippen LogP contribution in [0.15, 0.2) is 71.6 Å². The van der Waals surface area contributed by atoms with Gasteiger partial charge in [0.25, 0.3) is 10.0 Å². The Morgan fingerprint density at radius 2 is 1.76 bits per heavy atom. The van der Waals surface area contributed by atoms with E-state index >= 15 is 0 Å². The molecule has 2 fully saturated rings. The van der Waals surface area contributed by atoms with Crippen molar-refractivity contribution < 1.29 is 27.1 Å². The van der Waals surface area contributed by atoms with E-state index in [2.05, 4.69) is 4.72 Å². The quantitative estimate of drug-likeness (QED) is 0.422. The molecule has 0 radical (unpaired) electrons. The third-order valence-electron chi connectivity index (χ3n) is 6.92. The first-order valence-electron chi connectivity index (χ1n) is 12.4. The van der Waals surface area contributed by atoms with Gasteiger partial charge in [-0.1, -0.05) is 24.3 Å². The number of sulfonamides is 1. The molecular weight excluding hydrogens is 495 g/mol. The van der Waals surface area contributed by atoms with Crippen LogP contribution in [0.2, 0.25) is 0 Å².